The minimum Gasteiger partial charge on any atom is -0.459 e. The first kappa shape index (κ1) is 19.2. The highest BCUT2D eigenvalue weighted by Gasteiger charge is 2.22. The number of benzene rings is 1. The van der Waals surface area contributed by atoms with Gasteiger partial charge in [-0.05, 0) is 50.1 Å². The second-order valence-electron chi connectivity index (χ2n) is 6.16. The third kappa shape index (κ3) is 4.72. The van der Waals surface area contributed by atoms with E-state index in [9.17, 15) is 14.4 Å². The summed E-state index contributed by atoms with van der Waals surface area (Å²) in [4.78, 5) is 37.8. The van der Waals surface area contributed by atoms with Gasteiger partial charge in [-0.3, -0.25) is 14.4 Å². The van der Waals surface area contributed by atoms with Crippen molar-refractivity contribution in [1.29, 1.82) is 0 Å². The van der Waals surface area contributed by atoms with Crippen LogP contribution >= 0.6 is 0 Å². The van der Waals surface area contributed by atoms with Crippen molar-refractivity contribution in [2.45, 2.75) is 26.8 Å². The fourth-order valence-electron chi connectivity index (χ4n) is 2.44. The number of hydrogen-bond donors (Lipinski definition) is 2. The van der Waals surface area contributed by atoms with Crippen molar-refractivity contribution in [2.75, 3.05) is 18.9 Å². The molecule has 0 aliphatic heterocycles. The molecule has 1 aromatic carbocycles. The van der Waals surface area contributed by atoms with Crippen LogP contribution in [0.5, 0.6) is 0 Å². The van der Waals surface area contributed by atoms with Crippen LogP contribution in [0.1, 0.15) is 28.6 Å². The van der Waals surface area contributed by atoms with Crippen molar-refractivity contribution in [2.24, 2.45) is 0 Å². The van der Waals surface area contributed by atoms with Gasteiger partial charge in [-0.2, -0.15) is 0 Å². The van der Waals surface area contributed by atoms with E-state index in [0.717, 1.165) is 16.8 Å². The largest absolute Gasteiger partial charge is 0.459 e. The Balaban J connectivity index is 1.90. The average Bonchev–Trinajstić information content (AvgIpc) is 3.12. The van der Waals surface area contributed by atoms with Gasteiger partial charge in [0.15, 0.2) is 5.76 Å². The van der Waals surface area contributed by atoms with Crippen LogP contribution in [0.15, 0.2) is 41.0 Å². The fraction of sp³-hybridized carbons (Fsp3) is 0.316. The molecule has 2 rings (SSSR count). The molecule has 3 amide bonds. The van der Waals surface area contributed by atoms with Crippen LogP contribution in [0, 0.1) is 13.8 Å². The highest BCUT2D eigenvalue weighted by atomic mass is 16.3. The second-order valence-corrected chi connectivity index (χ2v) is 6.16. The summed E-state index contributed by atoms with van der Waals surface area (Å²) < 4.78 is 4.99. The van der Waals surface area contributed by atoms with Gasteiger partial charge >= 0.3 is 0 Å². The zero-order chi connectivity index (χ0) is 19.3. The fourth-order valence-corrected chi connectivity index (χ4v) is 2.44. The van der Waals surface area contributed by atoms with Crippen LogP contribution in [0.25, 0.3) is 0 Å². The molecule has 1 aromatic heterocycles. The molecule has 1 heterocycles. The molecule has 7 heteroatoms. The van der Waals surface area contributed by atoms with Gasteiger partial charge in [-0.15, -0.1) is 0 Å². The van der Waals surface area contributed by atoms with Gasteiger partial charge in [-0.25, -0.2) is 0 Å². The molecule has 0 bridgehead atoms. The van der Waals surface area contributed by atoms with Gasteiger partial charge in [0.05, 0.1) is 12.8 Å². The van der Waals surface area contributed by atoms with Gasteiger partial charge in [0.25, 0.3) is 5.91 Å². The number of anilines is 1. The molecule has 0 aliphatic carbocycles. The highest BCUT2D eigenvalue weighted by Crippen LogP contribution is 2.17. The first-order chi connectivity index (χ1) is 12.3. The van der Waals surface area contributed by atoms with Gasteiger partial charge in [0.2, 0.25) is 11.8 Å². The summed E-state index contributed by atoms with van der Waals surface area (Å²) in [5.74, 6) is -1.04. The maximum absolute atomic E-state index is 12.4. The molecular formula is C19H23N3O4. The molecule has 1 unspecified atom stereocenters. The number of rotatable bonds is 6. The van der Waals surface area contributed by atoms with E-state index in [0.29, 0.717) is 0 Å². The zero-order valence-electron chi connectivity index (χ0n) is 15.3. The van der Waals surface area contributed by atoms with E-state index in [1.54, 1.807) is 13.0 Å². The van der Waals surface area contributed by atoms with E-state index in [-0.39, 0.29) is 24.1 Å². The third-order valence-corrected chi connectivity index (χ3v) is 4.10. The molecule has 26 heavy (non-hydrogen) atoms. The van der Waals surface area contributed by atoms with Gasteiger partial charge in [0, 0.05) is 12.7 Å². The van der Waals surface area contributed by atoms with Gasteiger partial charge in [-0.1, -0.05) is 12.1 Å². The summed E-state index contributed by atoms with van der Waals surface area (Å²) in [6.45, 7) is 5.32. The van der Waals surface area contributed by atoms with E-state index in [1.807, 2.05) is 32.0 Å². The molecule has 2 N–H and O–H groups in total. The summed E-state index contributed by atoms with van der Waals surface area (Å²) >= 11 is 0. The summed E-state index contributed by atoms with van der Waals surface area (Å²) in [6, 6.07) is 7.95. The number of likely N-dealkylation sites (N-methyl/N-ethyl adjacent to an activating group) is 1. The Morgan fingerprint density at radius 2 is 1.88 bits per heavy atom. The van der Waals surface area contributed by atoms with Crippen LogP contribution < -0.4 is 10.6 Å². The standard InChI is InChI=1S/C19H23N3O4/c1-12-7-5-8-15(13(12)2)21-17(23)11-22(4)19(25)14(3)20-18(24)16-9-6-10-26-16/h5-10,14H,11H2,1-4H3,(H,20,24)(H,21,23). The van der Waals surface area contributed by atoms with Crippen molar-refractivity contribution in [3.63, 3.8) is 0 Å². The summed E-state index contributed by atoms with van der Waals surface area (Å²) in [5.41, 5.74) is 2.77. The molecule has 0 spiro atoms. The van der Waals surface area contributed by atoms with E-state index < -0.39 is 11.9 Å². The lowest BCUT2D eigenvalue weighted by Crippen LogP contribution is -2.47. The van der Waals surface area contributed by atoms with Crippen LogP contribution in [-0.2, 0) is 9.59 Å². The van der Waals surface area contributed by atoms with Gasteiger partial charge < -0.3 is 20.0 Å². The second kappa shape index (κ2) is 8.33. The molecule has 1 atom stereocenters. The monoisotopic (exact) mass is 357 g/mol. The van der Waals surface area contributed by atoms with Crippen molar-refractivity contribution in [3.8, 4) is 0 Å². The van der Waals surface area contributed by atoms with Crippen LogP contribution in [-0.4, -0.2) is 42.3 Å². The number of carbonyl (C=O) groups excluding carboxylic acids is 3. The van der Waals surface area contributed by atoms with Crippen molar-refractivity contribution in [1.82, 2.24) is 10.2 Å². The smallest absolute Gasteiger partial charge is 0.287 e. The number of hydrogen-bond acceptors (Lipinski definition) is 4. The number of aryl methyl sites for hydroxylation is 1. The first-order valence-corrected chi connectivity index (χ1v) is 8.25. The first-order valence-electron chi connectivity index (χ1n) is 8.25. The third-order valence-electron chi connectivity index (χ3n) is 4.10. The minimum atomic E-state index is -0.786. The number of nitrogens with one attached hydrogen (secondary N) is 2. The predicted molar refractivity (Wildman–Crippen MR) is 97.8 cm³/mol. The Morgan fingerprint density at radius 1 is 1.15 bits per heavy atom. The topological polar surface area (TPSA) is 91.7 Å². The lowest BCUT2D eigenvalue weighted by Gasteiger charge is -2.21. The van der Waals surface area contributed by atoms with Crippen molar-refractivity contribution >= 4 is 23.4 Å². The molecule has 7 nitrogen and oxygen atoms in total. The van der Waals surface area contributed by atoms with E-state index in [1.165, 1.54) is 24.3 Å². The molecule has 0 fully saturated rings. The molecule has 0 saturated heterocycles. The van der Waals surface area contributed by atoms with Crippen LogP contribution in [0.4, 0.5) is 5.69 Å². The van der Waals surface area contributed by atoms with Crippen LogP contribution in [0.3, 0.4) is 0 Å². The van der Waals surface area contributed by atoms with E-state index in [2.05, 4.69) is 10.6 Å². The maximum Gasteiger partial charge on any atom is 0.287 e. The zero-order valence-corrected chi connectivity index (χ0v) is 15.3. The normalized spacial score (nSPS) is 11.5. The lowest BCUT2D eigenvalue weighted by atomic mass is 10.1. The van der Waals surface area contributed by atoms with Crippen molar-refractivity contribution in [3.05, 3.63) is 53.5 Å². The molecule has 138 valence electrons. The molecule has 2 aromatic rings. The number of carbonyl (C=O) groups is 3. The summed E-state index contributed by atoms with van der Waals surface area (Å²) in [5, 5.41) is 5.35. The average molecular weight is 357 g/mol. The molecule has 0 saturated carbocycles. The Morgan fingerprint density at radius 3 is 2.54 bits per heavy atom. The Bertz CT molecular complexity index is 799. The van der Waals surface area contributed by atoms with Crippen molar-refractivity contribution < 1.29 is 18.8 Å². The Hall–Kier alpha value is -3.09. The lowest BCUT2D eigenvalue weighted by molar-refractivity contribution is -0.134. The number of nitrogens with zero attached hydrogens (tertiary/aromatic N) is 1. The molecule has 0 radical (unpaired) electrons. The summed E-state index contributed by atoms with van der Waals surface area (Å²) in [7, 11) is 1.51. The highest BCUT2D eigenvalue weighted by molar-refractivity contribution is 5.98. The van der Waals surface area contributed by atoms with Crippen LogP contribution in [0.2, 0.25) is 0 Å². The Kier molecular flexibility index (Phi) is 6.16. The SMILES string of the molecule is Cc1cccc(NC(=O)CN(C)C(=O)C(C)NC(=O)c2ccco2)c1C. The quantitative estimate of drug-likeness (QED) is 0.828. The van der Waals surface area contributed by atoms with E-state index in [4.69, 9.17) is 4.42 Å². The van der Waals surface area contributed by atoms with Gasteiger partial charge in [0.1, 0.15) is 6.04 Å². The summed E-state index contributed by atoms with van der Waals surface area (Å²) in [6.07, 6.45) is 1.38. The predicted octanol–water partition coefficient (Wildman–Crippen LogP) is 2.11. The molecular weight excluding hydrogens is 334 g/mol. The molecule has 0 aliphatic rings. The van der Waals surface area contributed by atoms with E-state index >= 15 is 0 Å². The minimum absolute atomic E-state index is 0.118. The Labute approximate surface area is 152 Å². The number of furan rings is 1. The maximum atomic E-state index is 12.4. The number of amides is 3.